The Bertz CT molecular complexity index is 1380. The second-order valence-electron chi connectivity index (χ2n) is 21.2. The molecule has 2 saturated heterocycles. The van der Waals surface area contributed by atoms with Crippen LogP contribution in [0.5, 0.6) is 0 Å². The fourth-order valence-corrected chi connectivity index (χ4v) is 9.54. The largest absolute Gasteiger partial charge is 0.462 e. The molecule has 2 aliphatic rings. The van der Waals surface area contributed by atoms with Gasteiger partial charge in [0.25, 0.3) is 0 Å². The summed E-state index contributed by atoms with van der Waals surface area (Å²) in [7, 11) is 0. The molecule has 0 bridgehead atoms. The van der Waals surface area contributed by atoms with E-state index in [1.807, 2.05) is 0 Å². The first kappa shape index (κ1) is 68.1. The maximum Gasteiger partial charge on any atom is 0.306 e. The van der Waals surface area contributed by atoms with Crippen molar-refractivity contribution in [3.8, 4) is 0 Å². The van der Waals surface area contributed by atoms with Crippen molar-refractivity contribution < 1.29 is 73.8 Å². The molecule has 0 radical (unpaired) electrons. The van der Waals surface area contributed by atoms with E-state index in [4.69, 9.17) is 28.4 Å². The van der Waals surface area contributed by atoms with E-state index in [1.54, 1.807) is 0 Å². The molecule has 11 atom stereocenters. The van der Waals surface area contributed by atoms with E-state index in [1.165, 1.54) is 148 Å². The van der Waals surface area contributed by atoms with Crippen molar-refractivity contribution in [2.75, 3.05) is 26.4 Å². The Morgan fingerprint density at radius 1 is 0.432 bits per heavy atom. The summed E-state index contributed by atoms with van der Waals surface area (Å²) >= 11 is 0. The van der Waals surface area contributed by atoms with Gasteiger partial charge in [-0.3, -0.25) is 9.59 Å². The van der Waals surface area contributed by atoms with Gasteiger partial charge in [0.15, 0.2) is 18.7 Å². The quantitative estimate of drug-likeness (QED) is 0.0171. The Balaban J connectivity index is 1.74. The van der Waals surface area contributed by atoms with Crippen LogP contribution in [-0.2, 0) is 38.0 Å². The third-order valence-corrected chi connectivity index (χ3v) is 14.4. The van der Waals surface area contributed by atoms with Gasteiger partial charge in [0, 0.05) is 12.8 Å². The van der Waals surface area contributed by atoms with E-state index in [2.05, 4.69) is 38.2 Å². The van der Waals surface area contributed by atoms with Crippen LogP contribution in [0.2, 0.25) is 0 Å². The second kappa shape index (κ2) is 45.9. The summed E-state index contributed by atoms with van der Waals surface area (Å²) in [5.41, 5.74) is 0. The minimum absolute atomic E-state index is 0.163. The maximum absolute atomic E-state index is 13.1. The lowest BCUT2D eigenvalue weighted by Crippen LogP contribution is -2.61. The number of hydrogen-bond donors (Lipinski definition) is 7. The molecule has 7 N–H and O–H groups in total. The SMILES string of the molecule is CCCCC/C=C/C/C=C/CCCCCCCCCCCC(=O)O[C@@H](COC(=O)CCCCCCCCCCCCCCCCCCCCC)CO[C@@H]1O[C@H](CO[C@@H]2O[C@H](CO)[C@H](O)C(O)C2O)[C@H](O)C(O)C1O. The molecule has 74 heavy (non-hydrogen) atoms. The second-order valence-corrected chi connectivity index (χ2v) is 21.2. The number of unbranched alkanes of at least 4 members (excludes halogenated alkanes) is 30. The molecule has 2 aliphatic heterocycles. The van der Waals surface area contributed by atoms with Gasteiger partial charge in [-0.2, -0.15) is 0 Å². The summed E-state index contributed by atoms with van der Waals surface area (Å²) in [5.74, 6) is -0.916. The van der Waals surface area contributed by atoms with Crippen LogP contribution in [0.4, 0.5) is 0 Å². The first-order valence-corrected chi connectivity index (χ1v) is 29.9. The molecule has 0 spiro atoms. The number of esters is 2. The third kappa shape index (κ3) is 32.7. The highest BCUT2D eigenvalue weighted by molar-refractivity contribution is 5.70. The van der Waals surface area contributed by atoms with E-state index in [0.717, 1.165) is 57.8 Å². The lowest BCUT2D eigenvalue weighted by atomic mass is 9.98. The average molecular weight is 1060 g/mol. The molecule has 0 aromatic carbocycles. The Hall–Kier alpha value is -2.02. The Kier molecular flexibility index (Phi) is 42.3. The molecule has 4 unspecified atom stereocenters. The smallest absolute Gasteiger partial charge is 0.306 e. The molecule has 2 heterocycles. The van der Waals surface area contributed by atoms with Gasteiger partial charge >= 0.3 is 11.9 Å². The first-order chi connectivity index (χ1) is 36.0. The highest BCUT2D eigenvalue weighted by atomic mass is 16.7. The van der Waals surface area contributed by atoms with Crippen LogP contribution >= 0.6 is 0 Å². The topological polar surface area (TPSA) is 231 Å². The molecule has 0 amide bonds. The molecule has 434 valence electrons. The lowest BCUT2D eigenvalue weighted by molar-refractivity contribution is -0.332. The summed E-state index contributed by atoms with van der Waals surface area (Å²) in [6.07, 6.45) is 33.3. The number of hydrogen-bond acceptors (Lipinski definition) is 15. The van der Waals surface area contributed by atoms with Crippen LogP contribution in [-0.4, -0.2) is 142 Å². The molecule has 2 fully saturated rings. The summed E-state index contributed by atoms with van der Waals surface area (Å²) < 4.78 is 33.7. The van der Waals surface area contributed by atoms with Crippen molar-refractivity contribution in [3.05, 3.63) is 24.3 Å². The van der Waals surface area contributed by atoms with Crippen LogP contribution in [0.1, 0.15) is 245 Å². The van der Waals surface area contributed by atoms with Crippen molar-refractivity contribution in [2.24, 2.45) is 0 Å². The predicted octanol–water partition coefficient (Wildman–Crippen LogP) is 10.3. The van der Waals surface area contributed by atoms with E-state index in [9.17, 15) is 45.3 Å². The van der Waals surface area contributed by atoms with E-state index in [0.29, 0.717) is 12.8 Å². The molecular formula is C59H108O15. The van der Waals surface area contributed by atoms with Crippen molar-refractivity contribution in [3.63, 3.8) is 0 Å². The average Bonchev–Trinajstić information content (AvgIpc) is 3.39. The molecule has 0 aromatic heterocycles. The van der Waals surface area contributed by atoms with Gasteiger partial charge in [-0.1, -0.05) is 212 Å². The Morgan fingerprint density at radius 2 is 0.811 bits per heavy atom. The number of aliphatic hydroxyl groups is 7. The number of aliphatic hydroxyl groups excluding tert-OH is 7. The van der Waals surface area contributed by atoms with Crippen molar-refractivity contribution in [1.29, 1.82) is 0 Å². The lowest BCUT2D eigenvalue weighted by Gasteiger charge is -2.42. The molecule has 15 nitrogen and oxygen atoms in total. The molecule has 0 aliphatic carbocycles. The van der Waals surface area contributed by atoms with Crippen molar-refractivity contribution in [2.45, 2.75) is 313 Å². The fraction of sp³-hybridized carbons (Fsp3) is 0.898. The highest BCUT2D eigenvalue weighted by Gasteiger charge is 2.47. The van der Waals surface area contributed by atoms with Gasteiger partial charge in [0.2, 0.25) is 0 Å². The molecule has 15 heteroatoms. The minimum Gasteiger partial charge on any atom is -0.462 e. The Labute approximate surface area is 447 Å². The molecular weight excluding hydrogens is 949 g/mol. The van der Waals surface area contributed by atoms with Crippen LogP contribution in [0, 0.1) is 0 Å². The van der Waals surface area contributed by atoms with Gasteiger partial charge < -0.3 is 64.2 Å². The first-order valence-electron chi connectivity index (χ1n) is 29.9. The van der Waals surface area contributed by atoms with Crippen molar-refractivity contribution >= 4 is 11.9 Å². The number of allylic oxidation sites excluding steroid dienone is 4. The van der Waals surface area contributed by atoms with E-state index >= 15 is 0 Å². The number of carbonyl (C=O) groups excluding carboxylic acids is 2. The number of rotatable bonds is 48. The standard InChI is InChI=1S/C59H108O15/c1-3-5-7-9-11-13-15-17-19-21-23-25-27-29-31-33-35-37-39-41-50(61)69-44-47(72-51(62)42-40-38-36-34-32-30-28-26-24-22-20-18-16-14-12-10-8-6-4-2)45-70-58-57(68)55(66)53(64)49(74-58)46-71-59-56(67)54(65)52(63)48(43-60)73-59/h12,14,18,20,47-49,52-60,63-68H,3-11,13,15-17,19,21-46H2,1-2H3/b14-12+,20-18+/t47-,48+,49+,52-,53-,54?,55?,56?,57?,58+,59+/m0/s1. The highest BCUT2D eigenvalue weighted by Crippen LogP contribution is 2.27. The number of ether oxygens (including phenoxy) is 6. The van der Waals surface area contributed by atoms with E-state index < -0.39 is 92.7 Å². The molecule has 2 rings (SSSR count). The summed E-state index contributed by atoms with van der Waals surface area (Å²) in [5, 5.41) is 72.3. The zero-order valence-electron chi connectivity index (χ0n) is 46.3. The van der Waals surface area contributed by atoms with Gasteiger partial charge in [-0.05, 0) is 44.9 Å². The Morgan fingerprint density at radius 3 is 1.28 bits per heavy atom. The van der Waals surface area contributed by atoms with Gasteiger partial charge in [-0.15, -0.1) is 0 Å². The van der Waals surface area contributed by atoms with Crippen LogP contribution in [0.25, 0.3) is 0 Å². The monoisotopic (exact) mass is 1060 g/mol. The zero-order chi connectivity index (χ0) is 53.9. The summed E-state index contributed by atoms with van der Waals surface area (Å²) in [6.45, 7) is 2.61. The van der Waals surface area contributed by atoms with Crippen LogP contribution in [0.3, 0.4) is 0 Å². The van der Waals surface area contributed by atoms with Crippen LogP contribution in [0.15, 0.2) is 24.3 Å². The summed E-state index contributed by atoms with van der Waals surface area (Å²) in [6, 6.07) is 0. The number of carbonyl (C=O) groups is 2. The zero-order valence-corrected chi connectivity index (χ0v) is 46.3. The summed E-state index contributed by atoms with van der Waals surface area (Å²) in [4.78, 5) is 25.9. The normalized spacial score (nSPS) is 24.8. The van der Waals surface area contributed by atoms with Gasteiger partial charge in [0.1, 0.15) is 55.4 Å². The maximum atomic E-state index is 13.1. The minimum atomic E-state index is -1.76. The van der Waals surface area contributed by atoms with Gasteiger partial charge in [-0.25, -0.2) is 0 Å². The fourth-order valence-electron chi connectivity index (χ4n) is 9.54. The van der Waals surface area contributed by atoms with Crippen LogP contribution < -0.4 is 0 Å². The predicted molar refractivity (Wildman–Crippen MR) is 289 cm³/mol. The molecule has 0 saturated carbocycles. The molecule has 0 aromatic rings. The van der Waals surface area contributed by atoms with Gasteiger partial charge in [0.05, 0.1) is 19.8 Å². The van der Waals surface area contributed by atoms with Crippen molar-refractivity contribution in [1.82, 2.24) is 0 Å². The van der Waals surface area contributed by atoms with E-state index in [-0.39, 0.29) is 26.1 Å². The third-order valence-electron chi connectivity index (χ3n) is 14.4.